The van der Waals surface area contributed by atoms with Gasteiger partial charge in [0.1, 0.15) is 0 Å². The van der Waals surface area contributed by atoms with Gasteiger partial charge < -0.3 is 10.2 Å². The molecular formula is C8H6O2S2. The molecule has 0 aliphatic heterocycles. The Morgan fingerprint density at radius 1 is 1.33 bits per heavy atom. The summed E-state index contributed by atoms with van der Waals surface area (Å²) in [5, 5.41) is 21.3. The second-order valence-electron chi connectivity index (χ2n) is 2.43. The van der Waals surface area contributed by atoms with Gasteiger partial charge in [-0.05, 0) is 22.9 Å². The van der Waals surface area contributed by atoms with E-state index < -0.39 is 0 Å². The fraction of sp³-hybridized carbons (Fsp3) is 0. The van der Waals surface area contributed by atoms with Crippen LogP contribution in [0.5, 0.6) is 11.5 Å². The average molecular weight is 198 g/mol. The molecule has 4 heteroatoms. The van der Waals surface area contributed by atoms with E-state index in [2.05, 4.69) is 12.6 Å². The number of rotatable bonds is 0. The smallest absolute Gasteiger partial charge is 0.172 e. The van der Waals surface area contributed by atoms with Crippen molar-refractivity contribution in [1.29, 1.82) is 0 Å². The van der Waals surface area contributed by atoms with Gasteiger partial charge in [0, 0.05) is 0 Å². The van der Waals surface area contributed by atoms with Crippen LogP contribution in [0.25, 0.3) is 10.1 Å². The lowest BCUT2D eigenvalue weighted by Gasteiger charge is -2.01. The van der Waals surface area contributed by atoms with Gasteiger partial charge in [-0.25, -0.2) is 0 Å². The third-order valence-corrected chi connectivity index (χ3v) is 3.20. The van der Waals surface area contributed by atoms with Crippen molar-refractivity contribution in [2.45, 2.75) is 4.90 Å². The molecule has 1 heterocycles. The van der Waals surface area contributed by atoms with Crippen LogP contribution in [0.15, 0.2) is 22.4 Å². The van der Waals surface area contributed by atoms with E-state index in [1.54, 1.807) is 0 Å². The van der Waals surface area contributed by atoms with Crippen LogP contribution in [0, 0.1) is 0 Å². The maximum Gasteiger partial charge on any atom is 0.172 e. The van der Waals surface area contributed by atoms with Crippen molar-refractivity contribution >= 4 is 34.1 Å². The highest BCUT2D eigenvalue weighted by Crippen LogP contribution is 2.40. The van der Waals surface area contributed by atoms with E-state index in [1.165, 1.54) is 17.4 Å². The van der Waals surface area contributed by atoms with Crippen molar-refractivity contribution in [3.05, 3.63) is 17.5 Å². The minimum Gasteiger partial charge on any atom is -0.504 e. The molecule has 0 fully saturated rings. The van der Waals surface area contributed by atoms with Crippen molar-refractivity contribution in [1.82, 2.24) is 0 Å². The van der Waals surface area contributed by atoms with Crippen LogP contribution in [0.1, 0.15) is 0 Å². The zero-order valence-electron chi connectivity index (χ0n) is 5.98. The van der Waals surface area contributed by atoms with E-state index in [0.717, 1.165) is 10.1 Å². The van der Waals surface area contributed by atoms with Crippen LogP contribution >= 0.6 is 24.0 Å². The van der Waals surface area contributed by atoms with Crippen LogP contribution in [-0.4, -0.2) is 10.2 Å². The number of thiol groups is 1. The first-order valence-corrected chi connectivity index (χ1v) is 4.64. The maximum atomic E-state index is 9.30. The van der Waals surface area contributed by atoms with E-state index in [-0.39, 0.29) is 11.5 Å². The summed E-state index contributed by atoms with van der Waals surface area (Å²) in [6.45, 7) is 0. The van der Waals surface area contributed by atoms with E-state index in [9.17, 15) is 10.2 Å². The lowest BCUT2D eigenvalue weighted by molar-refractivity contribution is 0.397. The largest absolute Gasteiger partial charge is 0.504 e. The fourth-order valence-corrected chi connectivity index (χ4v) is 2.29. The molecule has 0 spiro atoms. The highest BCUT2D eigenvalue weighted by molar-refractivity contribution is 7.81. The summed E-state index contributed by atoms with van der Waals surface area (Å²) in [5.41, 5.74) is 0. The van der Waals surface area contributed by atoms with Crippen molar-refractivity contribution in [3.63, 3.8) is 0 Å². The van der Waals surface area contributed by atoms with E-state index >= 15 is 0 Å². The quantitative estimate of drug-likeness (QED) is 0.450. The Morgan fingerprint density at radius 2 is 2.08 bits per heavy atom. The van der Waals surface area contributed by atoms with E-state index in [0.29, 0.717) is 4.90 Å². The van der Waals surface area contributed by atoms with Crippen molar-refractivity contribution < 1.29 is 10.2 Å². The van der Waals surface area contributed by atoms with Crippen LogP contribution in [0.4, 0.5) is 0 Å². The van der Waals surface area contributed by atoms with Gasteiger partial charge in [0.05, 0.1) is 9.60 Å². The van der Waals surface area contributed by atoms with Crippen LogP contribution in [0.2, 0.25) is 0 Å². The molecule has 2 N–H and O–H groups in total. The molecule has 0 bridgehead atoms. The van der Waals surface area contributed by atoms with E-state index in [4.69, 9.17) is 0 Å². The second-order valence-corrected chi connectivity index (χ2v) is 3.80. The number of phenolic OH excluding ortho intramolecular Hbond substituents is 2. The molecule has 0 amide bonds. The van der Waals surface area contributed by atoms with Gasteiger partial charge in [0.2, 0.25) is 0 Å². The molecule has 0 unspecified atom stereocenters. The number of aromatic hydroxyl groups is 2. The molecule has 0 radical (unpaired) electrons. The first-order chi connectivity index (χ1) is 5.70. The summed E-state index contributed by atoms with van der Waals surface area (Å²) in [6.07, 6.45) is 0. The average Bonchev–Trinajstić information content (AvgIpc) is 2.48. The minimum atomic E-state index is -0.145. The Labute approximate surface area is 78.5 Å². The Hall–Kier alpha value is -0.870. The van der Waals surface area contributed by atoms with Gasteiger partial charge in [-0.2, -0.15) is 0 Å². The highest BCUT2D eigenvalue weighted by atomic mass is 32.1. The zero-order valence-corrected chi connectivity index (χ0v) is 7.69. The molecule has 0 aliphatic carbocycles. The molecule has 1 aromatic carbocycles. The SMILES string of the molecule is Oc1cc2ccsc2c(S)c1O. The second kappa shape index (κ2) is 2.57. The van der Waals surface area contributed by atoms with Gasteiger partial charge in [-0.15, -0.1) is 24.0 Å². The first-order valence-electron chi connectivity index (χ1n) is 3.31. The number of phenols is 2. The predicted molar refractivity (Wildman–Crippen MR) is 52.4 cm³/mol. The van der Waals surface area contributed by atoms with Crippen molar-refractivity contribution in [2.24, 2.45) is 0 Å². The maximum absolute atomic E-state index is 9.30. The predicted octanol–water partition coefficient (Wildman–Crippen LogP) is 2.60. The van der Waals surface area contributed by atoms with Gasteiger partial charge in [0.25, 0.3) is 0 Å². The molecular weight excluding hydrogens is 192 g/mol. The molecule has 62 valence electrons. The lowest BCUT2D eigenvalue weighted by atomic mass is 10.2. The summed E-state index contributed by atoms with van der Waals surface area (Å²) in [7, 11) is 0. The Morgan fingerprint density at radius 3 is 2.83 bits per heavy atom. The van der Waals surface area contributed by atoms with Crippen LogP contribution in [0.3, 0.4) is 0 Å². The standard InChI is InChI=1S/C8H6O2S2/c9-5-3-4-1-2-12-8(4)7(11)6(5)10/h1-3,9-11H. The molecule has 0 atom stereocenters. The molecule has 0 saturated carbocycles. The lowest BCUT2D eigenvalue weighted by Crippen LogP contribution is -1.72. The van der Waals surface area contributed by atoms with Crippen molar-refractivity contribution in [2.75, 3.05) is 0 Å². The molecule has 2 nitrogen and oxygen atoms in total. The number of hydrogen-bond acceptors (Lipinski definition) is 4. The third-order valence-electron chi connectivity index (χ3n) is 1.67. The topological polar surface area (TPSA) is 40.5 Å². The van der Waals surface area contributed by atoms with Crippen LogP contribution in [-0.2, 0) is 0 Å². The summed E-state index contributed by atoms with van der Waals surface area (Å²) in [6, 6.07) is 3.40. The first kappa shape index (κ1) is 7.76. The number of thiophene rings is 1. The molecule has 12 heavy (non-hydrogen) atoms. The fourth-order valence-electron chi connectivity index (χ4n) is 1.07. The van der Waals surface area contributed by atoms with Gasteiger partial charge >= 0.3 is 0 Å². The number of hydrogen-bond donors (Lipinski definition) is 3. The Balaban J connectivity index is 2.94. The van der Waals surface area contributed by atoms with Gasteiger partial charge in [-0.1, -0.05) is 0 Å². The molecule has 0 aliphatic rings. The number of benzene rings is 1. The highest BCUT2D eigenvalue weighted by Gasteiger charge is 2.09. The third kappa shape index (κ3) is 0.956. The monoisotopic (exact) mass is 198 g/mol. The summed E-state index contributed by atoms with van der Waals surface area (Å²) in [5.74, 6) is -0.265. The number of fused-ring (bicyclic) bond motifs is 1. The van der Waals surface area contributed by atoms with Crippen molar-refractivity contribution in [3.8, 4) is 11.5 Å². The Kier molecular flexibility index (Phi) is 1.66. The Bertz CT molecular complexity index is 434. The molecule has 2 aromatic rings. The zero-order chi connectivity index (χ0) is 8.72. The van der Waals surface area contributed by atoms with Gasteiger partial charge in [0.15, 0.2) is 11.5 Å². The molecule has 0 saturated heterocycles. The normalized spacial score (nSPS) is 10.8. The van der Waals surface area contributed by atoms with Gasteiger partial charge in [-0.3, -0.25) is 0 Å². The molecule has 2 rings (SSSR count). The summed E-state index contributed by atoms with van der Waals surface area (Å²) in [4.78, 5) is 0.444. The summed E-state index contributed by atoms with van der Waals surface area (Å²) < 4.78 is 0.897. The van der Waals surface area contributed by atoms with E-state index in [1.807, 2.05) is 11.4 Å². The summed E-state index contributed by atoms with van der Waals surface area (Å²) >= 11 is 5.59. The minimum absolute atomic E-state index is 0.120. The molecule has 1 aromatic heterocycles. The van der Waals surface area contributed by atoms with Crippen LogP contribution < -0.4 is 0 Å².